The molecule has 0 aromatic heterocycles. The molecule has 8 heteroatoms. The van der Waals surface area contributed by atoms with Crippen molar-refractivity contribution < 1.29 is 24.2 Å². The first kappa shape index (κ1) is 14.8. The SMILES string of the molecule is NC(=O)C1COCCN1C(=O)Nc1ccc(C(=O)O)cc1. The lowest BCUT2D eigenvalue weighted by Gasteiger charge is -2.33. The van der Waals surface area contributed by atoms with Gasteiger partial charge in [0.25, 0.3) is 0 Å². The molecule has 0 spiro atoms. The smallest absolute Gasteiger partial charge is 0.335 e. The number of anilines is 1. The van der Waals surface area contributed by atoms with Gasteiger partial charge in [0.2, 0.25) is 5.91 Å². The van der Waals surface area contributed by atoms with Gasteiger partial charge in [-0.05, 0) is 24.3 Å². The Bertz CT molecular complexity index is 557. The number of carbonyl (C=O) groups excluding carboxylic acids is 2. The highest BCUT2D eigenvalue weighted by atomic mass is 16.5. The van der Waals surface area contributed by atoms with Crippen molar-refractivity contribution in [2.24, 2.45) is 5.73 Å². The van der Waals surface area contributed by atoms with Gasteiger partial charge in [-0.2, -0.15) is 0 Å². The summed E-state index contributed by atoms with van der Waals surface area (Å²) in [6.45, 7) is 0.655. The highest BCUT2D eigenvalue weighted by molar-refractivity contribution is 5.94. The van der Waals surface area contributed by atoms with E-state index in [-0.39, 0.29) is 18.7 Å². The minimum Gasteiger partial charge on any atom is -0.478 e. The van der Waals surface area contributed by atoms with Gasteiger partial charge in [0, 0.05) is 12.2 Å². The molecule has 112 valence electrons. The molecule has 21 heavy (non-hydrogen) atoms. The van der Waals surface area contributed by atoms with Crippen LogP contribution in [0.25, 0.3) is 0 Å². The molecule has 1 aliphatic heterocycles. The van der Waals surface area contributed by atoms with Crippen LogP contribution in [0.2, 0.25) is 0 Å². The predicted molar refractivity (Wildman–Crippen MR) is 72.9 cm³/mol. The van der Waals surface area contributed by atoms with E-state index in [4.69, 9.17) is 15.6 Å². The van der Waals surface area contributed by atoms with Crippen LogP contribution < -0.4 is 11.1 Å². The second-order valence-electron chi connectivity index (χ2n) is 4.50. The van der Waals surface area contributed by atoms with Crippen LogP contribution in [0.5, 0.6) is 0 Å². The molecule has 0 aliphatic carbocycles. The number of benzene rings is 1. The van der Waals surface area contributed by atoms with E-state index in [0.29, 0.717) is 12.3 Å². The average molecular weight is 293 g/mol. The third kappa shape index (κ3) is 3.48. The molecule has 1 heterocycles. The normalized spacial score (nSPS) is 18.1. The predicted octanol–water partition coefficient (Wildman–Crippen LogP) is 0.103. The number of carboxylic acids is 1. The van der Waals surface area contributed by atoms with E-state index in [1.807, 2.05) is 0 Å². The monoisotopic (exact) mass is 293 g/mol. The number of carbonyl (C=O) groups is 3. The van der Waals surface area contributed by atoms with Crippen LogP contribution >= 0.6 is 0 Å². The van der Waals surface area contributed by atoms with Crippen molar-refractivity contribution in [1.29, 1.82) is 0 Å². The minimum absolute atomic E-state index is 0.0701. The van der Waals surface area contributed by atoms with Crippen molar-refractivity contribution in [2.75, 3.05) is 25.1 Å². The maximum Gasteiger partial charge on any atom is 0.335 e. The van der Waals surface area contributed by atoms with Gasteiger partial charge in [-0.15, -0.1) is 0 Å². The number of amides is 3. The topological polar surface area (TPSA) is 122 Å². The summed E-state index contributed by atoms with van der Waals surface area (Å²) in [5.41, 5.74) is 5.79. The fraction of sp³-hybridized carbons (Fsp3) is 0.308. The third-order valence-electron chi connectivity index (χ3n) is 3.10. The van der Waals surface area contributed by atoms with Gasteiger partial charge >= 0.3 is 12.0 Å². The number of hydrogen-bond donors (Lipinski definition) is 3. The number of ether oxygens (including phenoxy) is 1. The Morgan fingerprint density at radius 1 is 1.29 bits per heavy atom. The van der Waals surface area contributed by atoms with Crippen molar-refractivity contribution in [3.05, 3.63) is 29.8 Å². The zero-order valence-electron chi connectivity index (χ0n) is 11.1. The van der Waals surface area contributed by atoms with E-state index in [1.54, 1.807) is 0 Å². The lowest BCUT2D eigenvalue weighted by Crippen LogP contribution is -2.55. The number of rotatable bonds is 3. The highest BCUT2D eigenvalue weighted by Gasteiger charge is 2.31. The Hall–Kier alpha value is -2.61. The summed E-state index contributed by atoms with van der Waals surface area (Å²) in [4.78, 5) is 35.5. The Kier molecular flexibility index (Phi) is 4.39. The Labute approximate surface area is 120 Å². The molecular weight excluding hydrogens is 278 g/mol. The van der Waals surface area contributed by atoms with Crippen LogP contribution in [-0.2, 0) is 9.53 Å². The number of nitrogens with one attached hydrogen (secondary N) is 1. The summed E-state index contributed by atoms with van der Waals surface area (Å²) >= 11 is 0. The lowest BCUT2D eigenvalue weighted by molar-refractivity contribution is -0.126. The molecule has 8 nitrogen and oxygen atoms in total. The van der Waals surface area contributed by atoms with Crippen molar-refractivity contribution in [1.82, 2.24) is 4.90 Å². The van der Waals surface area contributed by atoms with Crippen LogP contribution in [0.15, 0.2) is 24.3 Å². The summed E-state index contributed by atoms with van der Waals surface area (Å²) in [7, 11) is 0. The van der Waals surface area contributed by atoms with Gasteiger partial charge in [-0.3, -0.25) is 4.79 Å². The fourth-order valence-corrected chi connectivity index (χ4v) is 1.97. The van der Waals surface area contributed by atoms with Crippen LogP contribution in [-0.4, -0.2) is 53.7 Å². The van der Waals surface area contributed by atoms with Crippen molar-refractivity contribution >= 4 is 23.6 Å². The Morgan fingerprint density at radius 2 is 1.95 bits per heavy atom. The Balaban J connectivity index is 2.05. The largest absolute Gasteiger partial charge is 0.478 e. The molecule has 1 saturated heterocycles. The van der Waals surface area contributed by atoms with Gasteiger partial charge < -0.3 is 25.8 Å². The number of aromatic carboxylic acids is 1. The van der Waals surface area contributed by atoms with E-state index < -0.39 is 23.9 Å². The van der Waals surface area contributed by atoms with Gasteiger partial charge in [-0.25, -0.2) is 9.59 Å². The molecule has 4 N–H and O–H groups in total. The standard InChI is InChI=1S/C13H15N3O5/c14-11(17)10-7-21-6-5-16(10)13(20)15-9-3-1-8(2-4-9)12(18)19/h1-4,10H,5-7H2,(H2,14,17)(H,15,20)(H,18,19). The maximum absolute atomic E-state index is 12.1. The molecule has 0 saturated carbocycles. The first-order valence-corrected chi connectivity index (χ1v) is 6.27. The molecule has 3 amide bonds. The number of urea groups is 1. The van der Waals surface area contributed by atoms with Crippen LogP contribution in [0, 0.1) is 0 Å². The second-order valence-corrected chi connectivity index (χ2v) is 4.50. The third-order valence-corrected chi connectivity index (χ3v) is 3.10. The first-order chi connectivity index (χ1) is 9.99. The van der Waals surface area contributed by atoms with E-state index >= 15 is 0 Å². The minimum atomic E-state index is -1.05. The van der Waals surface area contributed by atoms with E-state index in [1.165, 1.54) is 29.2 Å². The van der Waals surface area contributed by atoms with Crippen LogP contribution in [0.3, 0.4) is 0 Å². The molecule has 2 rings (SSSR count). The molecular formula is C13H15N3O5. The number of nitrogens with zero attached hydrogens (tertiary/aromatic N) is 1. The summed E-state index contributed by atoms with van der Waals surface area (Å²) in [6.07, 6.45) is 0. The number of morpholine rings is 1. The molecule has 1 fully saturated rings. The summed E-state index contributed by atoms with van der Waals surface area (Å²) in [5.74, 6) is -1.68. The molecule has 1 aromatic rings. The first-order valence-electron chi connectivity index (χ1n) is 6.27. The molecule has 1 unspecified atom stereocenters. The van der Waals surface area contributed by atoms with Gasteiger partial charge in [0.15, 0.2) is 0 Å². The molecule has 0 bridgehead atoms. The Morgan fingerprint density at radius 3 is 2.52 bits per heavy atom. The van der Waals surface area contributed by atoms with Crippen molar-refractivity contribution in [2.45, 2.75) is 6.04 Å². The second kappa shape index (κ2) is 6.23. The number of hydrogen-bond acceptors (Lipinski definition) is 4. The quantitative estimate of drug-likeness (QED) is 0.729. The van der Waals surface area contributed by atoms with E-state index in [0.717, 1.165) is 0 Å². The number of carboxylic acid groups (broad SMARTS) is 1. The maximum atomic E-state index is 12.1. The van der Waals surface area contributed by atoms with Crippen molar-refractivity contribution in [3.8, 4) is 0 Å². The van der Waals surface area contributed by atoms with E-state index in [9.17, 15) is 14.4 Å². The number of primary amides is 1. The summed E-state index contributed by atoms with van der Waals surface area (Å²) in [6, 6.07) is 4.41. The fourth-order valence-electron chi connectivity index (χ4n) is 1.97. The van der Waals surface area contributed by atoms with Crippen LogP contribution in [0.4, 0.5) is 10.5 Å². The van der Waals surface area contributed by atoms with Gasteiger partial charge in [-0.1, -0.05) is 0 Å². The van der Waals surface area contributed by atoms with Crippen LogP contribution in [0.1, 0.15) is 10.4 Å². The van der Waals surface area contributed by atoms with Crippen molar-refractivity contribution in [3.63, 3.8) is 0 Å². The zero-order valence-corrected chi connectivity index (χ0v) is 11.1. The molecule has 1 aliphatic rings. The van der Waals surface area contributed by atoms with Gasteiger partial charge in [0.1, 0.15) is 6.04 Å². The zero-order chi connectivity index (χ0) is 15.4. The summed E-state index contributed by atoms with van der Waals surface area (Å²) < 4.78 is 5.13. The lowest BCUT2D eigenvalue weighted by atomic mass is 10.2. The number of nitrogens with two attached hydrogens (primary N) is 1. The van der Waals surface area contributed by atoms with E-state index in [2.05, 4.69) is 5.32 Å². The van der Waals surface area contributed by atoms with Gasteiger partial charge in [0.05, 0.1) is 18.8 Å². The highest BCUT2D eigenvalue weighted by Crippen LogP contribution is 2.13. The molecule has 0 radical (unpaired) electrons. The summed E-state index contributed by atoms with van der Waals surface area (Å²) in [5, 5.41) is 11.4. The molecule has 1 atom stereocenters. The average Bonchev–Trinajstić information content (AvgIpc) is 2.47. The molecule has 1 aromatic carbocycles.